The molecule has 0 atom stereocenters. The lowest BCUT2D eigenvalue weighted by atomic mass is 10.1. The first kappa shape index (κ1) is 12.6. The van der Waals surface area contributed by atoms with Crippen molar-refractivity contribution >= 4 is 23.2 Å². The van der Waals surface area contributed by atoms with E-state index in [1.54, 1.807) is 29.5 Å². The second-order valence-electron chi connectivity index (χ2n) is 3.67. The molecule has 18 heavy (non-hydrogen) atoms. The van der Waals surface area contributed by atoms with E-state index < -0.39 is 0 Å². The number of ether oxygens (including phenoxy) is 1. The summed E-state index contributed by atoms with van der Waals surface area (Å²) in [5.74, 6) is 0.794. The van der Waals surface area contributed by atoms with Crippen molar-refractivity contribution in [3.8, 4) is 5.75 Å². The first-order chi connectivity index (χ1) is 8.79. The number of rotatable bonds is 5. The highest BCUT2D eigenvalue weighted by Gasteiger charge is 2.01. The van der Waals surface area contributed by atoms with Crippen LogP contribution >= 0.6 is 11.3 Å². The maximum Gasteiger partial charge on any atom is 0.185 e. The van der Waals surface area contributed by atoms with Gasteiger partial charge in [0.25, 0.3) is 0 Å². The lowest BCUT2D eigenvalue weighted by Gasteiger charge is -2.02. The van der Waals surface area contributed by atoms with E-state index in [0.717, 1.165) is 10.6 Å². The van der Waals surface area contributed by atoms with Gasteiger partial charge in [0.15, 0.2) is 5.78 Å². The van der Waals surface area contributed by atoms with Crippen molar-refractivity contribution < 1.29 is 9.53 Å². The van der Waals surface area contributed by atoms with Crippen LogP contribution in [0.15, 0.2) is 47.9 Å². The maximum absolute atomic E-state index is 11.9. The third-order valence-corrected chi connectivity index (χ3v) is 3.23. The van der Waals surface area contributed by atoms with Crippen LogP contribution in [0.5, 0.6) is 5.75 Å². The number of ketones is 1. The van der Waals surface area contributed by atoms with Gasteiger partial charge in [-0.3, -0.25) is 4.79 Å². The predicted molar refractivity (Wildman–Crippen MR) is 75.3 cm³/mol. The minimum Gasteiger partial charge on any atom is -0.494 e. The van der Waals surface area contributed by atoms with E-state index in [1.165, 1.54) is 0 Å². The van der Waals surface area contributed by atoms with Gasteiger partial charge in [-0.25, -0.2) is 0 Å². The van der Waals surface area contributed by atoms with Crippen molar-refractivity contribution in [2.24, 2.45) is 0 Å². The first-order valence-electron chi connectivity index (χ1n) is 5.78. The molecule has 0 saturated carbocycles. The van der Waals surface area contributed by atoms with Gasteiger partial charge in [0, 0.05) is 10.4 Å². The zero-order valence-corrected chi connectivity index (χ0v) is 10.9. The van der Waals surface area contributed by atoms with Crippen LogP contribution in [0.3, 0.4) is 0 Å². The van der Waals surface area contributed by atoms with Gasteiger partial charge in [0.2, 0.25) is 0 Å². The van der Waals surface area contributed by atoms with Gasteiger partial charge in [-0.2, -0.15) is 0 Å². The Morgan fingerprint density at radius 3 is 2.67 bits per heavy atom. The zero-order valence-electron chi connectivity index (χ0n) is 10.1. The molecule has 0 unspecified atom stereocenters. The first-order valence-corrected chi connectivity index (χ1v) is 6.66. The molecule has 0 N–H and O–H groups in total. The average molecular weight is 258 g/mol. The summed E-state index contributed by atoms with van der Waals surface area (Å²) < 4.78 is 5.33. The molecule has 0 bridgehead atoms. The van der Waals surface area contributed by atoms with E-state index >= 15 is 0 Å². The van der Waals surface area contributed by atoms with E-state index in [-0.39, 0.29) is 5.78 Å². The molecule has 1 heterocycles. The van der Waals surface area contributed by atoms with Gasteiger partial charge in [-0.05, 0) is 54.8 Å². The normalized spacial score (nSPS) is 10.7. The molecule has 0 amide bonds. The number of hydrogen-bond acceptors (Lipinski definition) is 3. The molecular weight excluding hydrogens is 244 g/mol. The summed E-state index contributed by atoms with van der Waals surface area (Å²) in [6, 6.07) is 11.1. The number of carbonyl (C=O) groups excluding carboxylic acids is 1. The Hall–Kier alpha value is -1.87. The van der Waals surface area contributed by atoms with Crippen molar-refractivity contribution in [3.63, 3.8) is 0 Å². The van der Waals surface area contributed by atoms with Crippen LogP contribution in [0.2, 0.25) is 0 Å². The molecule has 2 rings (SSSR count). The van der Waals surface area contributed by atoms with E-state index in [9.17, 15) is 4.79 Å². The Balaban J connectivity index is 2.04. The summed E-state index contributed by atoms with van der Waals surface area (Å²) in [5, 5.41) is 1.99. The molecule has 2 aromatic rings. The Morgan fingerprint density at radius 2 is 2.06 bits per heavy atom. The molecule has 0 fully saturated rings. The van der Waals surface area contributed by atoms with Crippen LogP contribution in [-0.2, 0) is 0 Å². The van der Waals surface area contributed by atoms with Crippen LogP contribution < -0.4 is 4.74 Å². The third kappa shape index (κ3) is 3.31. The van der Waals surface area contributed by atoms with Crippen LogP contribution in [-0.4, -0.2) is 12.4 Å². The number of carbonyl (C=O) groups is 1. The van der Waals surface area contributed by atoms with Crippen molar-refractivity contribution in [2.45, 2.75) is 6.92 Å². The van der Waals surface area contributed by atoms with E-state index in [1.807, 2.05) is 42.6 Å². The molecule has 1 aromatic carbocycles. The summed E-state index contributed by atoms with van der Waals surface area (Å²) in [6.07, 6.45) is 3.44. The van der Waals surface area contributed by atoms with Crippen LogP contribution in [0.1, 0.15) is 22.2 Å². The SMILES string of the molecule is CCOc1ccc(C(=O)/C=C\c2cccs2)cc1. The molecule has 0 aliphatic carbocycles. The molecule has 0 radical (unpaired) electrons. The minimum absolute atomic E-state index is 0.00597. The van der Waals surface area contributed by atoms with Gasteiger partial charge < -0.3 is 4.74 Å². The Kier molecular flexibility index (Phi) is 4.31. The Labute approximate surface area is 111 Å². The predicted octanol–water partition coefficient (Wildman–Crippen LogP) is 4.04. The standard InChI is InChI=1S/C15H14O2S/c1-2-17-13-7-5-12(6-8-13)15(16)10-9-14-4-3-11-18-14/h3-11H,2H2,1H3/b10-9-. The molecule has 0 aliphatic heterocycles. The lowest BCUT2D eigenvalue weighted by molar-refractivity contribution is 0.104. The summed E-state index contributed by atoms with van der Waals surface area (Å²) >= 11 is 1.61. The highest BCUT2D eigenvalue weighted by atomic mass is 32.1. The van der Waals surface area contributed by atoms with Crippen molar-refractivity contribution in [1.82, 2.24) is 0 Å². The van der Waals surface area contributed by atoms with Gasteiger partial charge >= 0.3 is 0 Å². The topological polar surface area (TPSA) is 26.3 Å². The zero-order chi connectivity index (χ0) is 12.8. The maximum atomic E-state index is 11.9. The van der Waals surface area contributed by atoms with Crippen molar-refractivity contribution in [2.75, 3.05) is 6.61 Å². The van der Waals surface area contributed by atoms with E-state index in [4.69, 9.17) is 4.74 Å². The molecule has 92 valence electrons. The third-order valence-electron chi connectivity index (χ3n) is 2.39. The van der Waals surface area contributed by atoms with Crippen molar-refractivity contribution in [3.05, 3.63) is 58.3 Å². The minimum atomic E-state index is 0.00597. The fraction of sp³-hybridized carbons (Fsp3) is 0.133. The quantitative estimate of drug-likeness (QED) is 0.597. The van der Waals surface area contributed by atoms with E-state index in [2.05, 4.69) is 0 Å². The highest BCUT2D eigenvalue weighted by Crippen LogP contribution is 2.14. The number of hydrogen-bond donors (Lipinski definition) is 0. The number of allylic oxidation sites excluding steroid dienone is 1. The summed E-state index contributed by atoms with van der Waals surface area (Å²) in [6.45, 7) is 2.56. The second kappa shape index (κ2) is 6.17. The van der Waals surface area contributed by atoms with Gasteiger partial charge in [-0.1, -0.05) is 6.07 Å². The molecule has 0 saturated heterocycles. The summed E-state index contributed by atoms with van der Waals surface area (Å²) in [4.78, 5) is 13.0. The molecule has 2 nitrogen and oxygen atoms in total. The summed E-state index contributed by atoms with van der Waals surface area (Å²) in [7, 11) is 0. The van der Waals surface area contributed by atoms with E-state index in [0.29, 0.717) is 12.2 Å². The molecule has 0 aliphatic rings. The Bertz CT molecular complexity index is 524. The van der Waals surface area contributed by atoms with Gasteiger partial charge in [0.05, 0.1) is 6.61 Å². The second-order valence-corrected chi connectivity index (χ2v) is 4.65. The molecule has 3 heteroatoms. The van der Waals surface area contributed by atoms with Crippen LogP contribution in [0, 0.1) is 0 Å². The number of benzene rings is 1. The molecular formula is C15H14O2S. The summed E-state index contributed by atoms with van der Waals surface area (Å²) in [5.41, 5.74) is 0.672. The molecule has 0 spiro atoms. The van der Waals surface area contributed by atoms with Gasteiger partial charge in [-0.15, -0.1) is 11.3 Å². The Morgan fingerprint density at radius 1 is 1.28 bits per heavy atom. The fourth-order valence-electron chi connectivity index (χ4n) is 1.52. The highest BCUT2D eigenvalue weighted by molar-refractivity contribution is 7.10. The smallest absolute Gasteiger partial charge is 0.185 e. The van der Waals surface area contributed by atoms with Crippen LogP contribution in [0.4, 0.5) is 0 Å². The average Bonchev–Trinajstić information content (AvgIpc) is 2.90. The monoisotopic (exact) mass is 258 g/mol. The molecule has 1 aromatic heterocycles. The largest absolute Gasteiger partial charge is 0.494 e. The van der Waals surface area contributed by atoms with Crippen LogP contribution in [0.25, 0.3) is 6.08 Å². The van der Waals surface area contributed by atoms with Crippen molar-refractivity contribution in [1.29, 1.82) is 0 Å². The van der Waals surface area contributed by atoms with Gasteiger partial charge in [0.1, 0.15) is 5.75 Å². The fourth-order valence-corrected chi connectivity index (χ4v) is 2.14. The lowest BCUT2D eigenvalue weighted by Crippen LogP contribution is -1.95. The number of thiophene rings is 1.